The van der Waals surface area contributed by atoms with Gasteiger partial charge in [-0.15, -0.1) is 0 Å². The maximum atomic E-state index is 13.3. The maximum absolute atomic E-state index is 13.3. The number of benzene rings is 4. The van der Waals surface area contributed by atoms with Gasteiger partial charge >= 0.3 is 6.03 Å². The minimum atomic E-state index is -0.899. The Morgan fingerprint density at radius 1 is 0.838 bits per heavy atom. The van der Waals surface area contributed by atoms with Gasteiger partial charge < -0.3 is 4.74 Å². The normalized spacial score (nSPS) is 14.8. The van der Waals surface area contributed by atoms with E-state index < -0.39 is 17.8 Å². The fraction of sp³-hybridized carbons (Fsp3) is 0.0357. The number of hydrogen-bond acceptors (Lipinski definition) is 4. The van der Waals surface area contributed by atoms with Gasteiger partial charge in [0, 0.05) is 10.6 Å². The van der Waals surface area contributed by atoms with Crippen molar-refractivity contribution in [3.63, 3.8) is 0 Å². The van der Waals surface area contributed by atoms with Crippen molar-refractivity contribution in [3.8, 4) is 5.75 Å². The van der Waals surface area contributed by atoms with Gasteiger partial charge in [-0.3, -0.25) is 14.9 Å². The molecular formula is C28H17Cl3N2O4. The Balaban J connectivity index is 1.49. The zero-order valence-electron chi connectivity index (χ0n) is 19.0. The summed E-state index contributed by atoms with van der Waals surface area (Å²) in [6, 6.07) is 22.2. The smallest absolute Gasteiger partial charge is 0.335 e. The molecule has 4 amide bonds. The Morgan fingerprint density at radius 2 is 1.62 bits per heavy atom. The maximum Gasteiger partial charge on any atom is 0.335 e. The number of fused-ring (bicyclic) bond motifs is 1. The second-order valence-corrected chi connectivity index (χ2v) is 9.42. The highest BCUT2D eigenvalue weighted by atomic mass is 35.5. The van der Waals surface area contributed by atoms with E-state index >= 15 is 0 Å². The summed E-state index contributed by atoms with van der Waals surface area (Å²) in [6.45, 7) is 0.243. The van der Waals surface area contributed by atoms with Crippen molar-refractivity contribution in [2.24, 2.45) is 0 Å². The van der Waals surface area contributed by atoms with Crippen molar-refractivity contribution in [1.29, 1.82) is 0 Å². The second kappa shape index (κ2) is 10.3. The number of imide groups is 2. The number of barbiturate groups is 1. The Morgan fingerprint density at radius 3 is 2.43 bits per heavy atom. The van der Waals surface area contributed by atoms with Crippen LogP contribution in [0.4, 0.5) is 10.5 Å². The van der Waals surface area contributed by atoms with Gasteiger partial charge in [-0.1, -0.05) is 77.3 Å². The van der Waals surface area contributed by atoms with Gasteiger partial charge in [-0.25, -0.2) is 9.69 Å². The van der Waals surface area contributed by atoms with Crippen molar-refractivity contribution in [3.05, 3.63) is 111 Å². The molecule has 0 aliphatic carbocycles. The first-order chi connectivity index (χ1) is 17.8. The lowest BCUT2D eigenvalue weighted by molar-refractivity contribution is -0.122. The first-order valence-corrected chi connectivity index (χ1v) is 12.2. The monoisotopic (exact) mass is 550 g/mol. The average Bonchev–Trinajstić information content (AvgIpc) is 2.88. The zero-order chi connectivity index (χ0) is 26.1. The molecule has 1 fully saturated rings. The highest BCUT2D eigenvalue weighted by molar-refractivity contribution is 6.43. The van der Waals surface area contributed by atoms with E-state index in [4.69, 9.17) is 39.5 Å². The van der Waals surface area contributed by atoms with E-state index in [0.717, 1.165) is 21.2 Å². The van der Waals surface area contributed by atoms with Crippen LogP contribution in [0.5, 0.6) is 5.75 Å². The molecule has 1 aliphatic heterocycles. The van der Waals surface area contributed by atoms with E-state index in [9.17, 15) is 14.4 Å². The van der Waals surface area contributed by atoms with Gasteiger partial charge in [-0.2, -0.15) is 0 Å². The molecule has 5 rings (SSSR count). The summed E-state index contributed by atoms with van der Waals surface area (Å²) in [4.78, 5) is 39.3. The zero-order valence-corrected chi connectivity index (χ0v) is 21.3. The largest absolute Gasteiger partial charge is 0.488 e. The highest BCUT2D eigenvalue weighted by Crippen LogP contribution is 2.31. The molecule has 37 heavy (non-hydrogen) atoms. The number of hydrogen-bond donors (Lipinski definition) is 1. The van der Waals surface area contributed by atoms with Crippen molar-refractivity contribution in [2.45, 2.75) is 6.61 Å². The number of urea groups is 1. The van der Waals surface area contributed by atoms with Gasteiger partial charge in [0.05, 0.1) is 15.7 Å². The number of nitrogens with zero attached hydrogens (tertiary/aromatic N) is 1. The first kappa shape index (κ1) is 24.8. The van der Waals surface area contributed by atoms with Crippen LogP contribution in [0.15, 0.2) is 84.4 Å². The predicted molar refractivity (Wildman–Crippen MR) is 145 cm³/mol. The fourth-order valence-corrected chi connectivity index (χ4v) is 4.48. The van der Waals surface area contributed by atoms with Gasteiger partial charge in [0.1, 0.15) is 17.9 Å². The van der Waals surface area contributed by atoms with Crippen LogP contribution in [0.25, 0.3) is 16.8 Å². The van der Waals surface area contributed by atoms with Crippen LogP contribution < -0.4 is 15.0 Å². The molecule has 0 aromatic heterocycles. The van der Waals surface area contributed by atoms with E-state index in [1.807, 2.05) is 42.5 Å². The molecule has 1 saturated heterocycles. The molecule has 184 valence electrons. The lowest BCUT2D eigenvalue weighted by atomic mass is 10.0. The van der Waals surface area contributed by atoms with E-state index in [-0.39, 0.29) is 27.9 Å². The molecule has 1 heterocycles. The number of ether oxygens (including phenoxy) is 1. The van der Waals surface area contributed by atoms with Gasteiger partial charge in [0.2, 0.25) is 0 Å². The van der Waals surface area contributed by atoms with Crippen LogP contribution in [0.2, 0.25) is 15.1 Å². The van der Waals surface area contributed by atoms with E-state index in [0.29, 0.717) is 16.3 Å². The quantitative estimate of drug-likeness (QED) is 0.213. The number of nitrogens with one attached hydrogen (secondary N) is 1. The third kappa shape index (κ3) is 5.04. The summed E-state index contributed by atoms with van der Waals surface area (Å²) in [5.41, 5.74) is 1.25. The van der Waals surface area contributed by atoms with Crippen LogP contribution in [0.3, 0.4) is 0 Å². The average molecular weight is 552 g/mol. The fourth-order valence-electron chi connectivity index (χ4n) is 4.01. The van der Waals surface area contributed by atoms with Gasteiger partial charge in [0.25, 0.3) is 11.8 Å². The Labute approximate surface area is 227 Å². The molecule has 0 atom stereocenters. The lowest BCUT2D eigenvalue weighted by Crippen LogP contribution is -2.54. The number of amides is 4. The first-order valence-electron chi connectivity index (χ1n) is 11.1. The molecular weight excluding hydrogens is 535 g/mol. The highest BCUT2D eigenvalue weighted by Gasteiger charge is 2.37. The molecule has 4 aromatic rings. The molecule has 6 nitrogen and oxygen atoms in total. The number of anilines is 1. The summed E-state index contributed by atoms with van der Waals surface area (Å²) in [5.74, 6) is -1.26. The van der Waals surface area contributed by atoms with Crippen molar-refractivity contribution in [2.75, 3.05) is 4.90 Å². The molecule has 4 aromatic carbocycles. The topological polar surface area (TPSA) is 75.7 Å². The molecule has 0 bridgehead atoms. The summed E-state index contributed by atoms with van der Waals surface area (Å²) in [7, 11) is 0. The third-order valence-electron chi connectivity index (χ3n) is 5.80. The molecule has 0 spiro atoms. The molecule has 0 unspecified atom stereocenters. The van der Waals surface area contributed by atoms with E-state index in [2.05, 4.69) is 5.32 Å². The molecule has 1 N–H and O–H groups in total. The molecule has 1 aliphatic rings. The van der Waals surface area contributed by atoms with Crippen molar-refractivity contribution < 1.29 is 19.1 Å². The Kier molecular flexibility index (Phi) is 6.89. The van der Waals surface area contributed by atoms with E-state index in [1.165, 1.54) is 24.3 Å². The van der Waals surface area contributed by atoms with Crippen LogP contribution in [0, 0.1) is 0 Å². The number of halogens is 3. The van der Waals surface area contributed by atoms with Crippen LogP contribution >= 0.6 is 34.8 Å². The number of rotatable bonds is 5. The SMILES string of the molecule is O=C1NC(=O)N(c2ccc(Cl)c(Cl)c2)C(=O)/C1=C/c1cc(Cl)ccc1OCc1cccc2ccccc12. The summed E-state index contributed by atoms with van der Waals surface area (Å²) in [6.07, 6.45) is 1.35. The molecule has 9 heteroatoms. The van der Waals surface area contributed by atoms with E-state index in [1.54, 1.807) is 18.2 Å². The third-order valence-corrected chi connectivity index (χ3v) is 6.77. The van der Waals surface area contributed by atoms with Crippen LogP contribution in [0.1, 0.15) is 11.1 Å². The minimum Gasteiger partial charge on any atom is -0.488 e. The van der Waals surface area contributed by atoms with Gasteiger partial charge in [-0.05, 0) is 58.8 Å². The lowest BCUT2D eigenvalue weighted by Gasteiger charge is -2.26. The Bertz CT molecular complexity index is 1610. The van der Waals surface area contributed by atoms with Gasteiger partial charge in [0.15, 0.2) is 0 Å². The standard InChI is InChI=1S/C28H17Cl3N2O4/c29-19-8-11-25(37-15-17-6-3-5-16-4-1-2-7-21(16)17)18(12-19)13-22-26(34)32-28(36)33(27(22)35)20-9-10-23(30)24(31)14-20/h1-14H,15H2,(H,32,34,36)/b22-13+. The minimum absolute atomic E-state index is 0.154. The van der Waals surface area contributed by atoms with Crippen LogP contribution in [-0.4, -0.2) is 17.8 Å². The summed E-state index contributed by atoms with van der Waals surface area (Å²) < 4.78 is 6.10. The number of carbonyl (C=O) groups is 3. The van der Waals surface area contributed by atoms with Crippen molar-refractivity contribution in [1.82, 2.24) is 5.32 Å². The second-order valence-electron chi connectivity index (χ2n) is 8.17. The summed E-state index contributed by atoms with van der Waals surface area (Å²) in [5, 5.41) is 5.11. The predicted octanol–water partition coefficient (Wildman–Crippen LogP) is 7.05. The van der Waals surface area contributed by atoms with Crippen molar-refractivity contribution >= 4 is 75.2 Å². The summed E-state index contributed by atoms with van der Waals surface area (Å²) >= 11 is 18.3. The molecule has 0 saturated carbocycles. The van der Waals surface area contributed by atoms with Crippen LogP contribution in [-0.2, 0) is 16.2 Å². The number of carbonyl (C=O) groups excluding carboxylic acids is 3. The molecule has 0 radical (unpaired) electrons. The Hall–Kier alpha value is -3.84.